The zero-order chi connectivity index (χ0) is 12.3. The molecule has 1 atom stereocenters. The first-order valence-electron chi connectivity index (χ1n) is 5.55. The van der Waals surface area contributed by atoms with E-state index in [9.17, 15) is 0 Å². The topological polar surface area (TPSA) is 61.3 Å². The zero-order valence-corrected chi connectivity index (χ0v) is 10.0. The van der Waals surface area contributed by atoms with Crippen LogP contribution in [0.4, 0.5) is 0 Å². The SMILES string of the molecule is Cc1ccc(OCc2ccno2)c(C(C)N)c1. The number of hydrogen-bond donors (Lipinski definition) is 1. The molecule has 0 aliphatic heterocycles. The number of benzene rings is 1. The van der Waals surface area contributed by atoms with Crippen LogP contribution in [-0.4, -0.2) is 5.16 Å². The first-order valence-corrected chi connectivity index (χ1v) is 5.55. The van der Waals surface area contributed by atoms with E-state index in [0.717, 1.165) is 11.3 Å². The molecule has 2 aromatic rings. The van der Waals surface area contributed by atoms with E-state index in [0.29, 0.717) is 12.4 Å². The predicted molar refractivity (Wildman–Crippen MR) is 64.6 cm³/mol. The van der Waals surface area contributed by atoms with Gasteiger partial charge in [-0.3, -0.25) is 0 Å². The Balaban J connectivity index is 2.14. The highest BCUT2D eigenvalue weighted by molar-refractivity contribution is 5.38. The van der Waals surface area contributed by atoms with Crippen molar-refractivity contribution in [2.75, 3.05) is 0 Å². The van der Waals surface area contributed by atoms with Crippen molar-refractivity contribution in [1.29, 1.82) is 0 Å². The van der Waals surface area contributed by atoms with Crippen LogP contribution < -0.4 is 10.5 Å². The lowest BCUT2D eigenvalue weighted by atomic mass is 10.1. The summed E-state index contributed by atoms with van der Waals surface area (Å²) in [5, 5.41) is 3.63. The van der Waals surface area contributed by atoms with Gasteiger partial charge in [0.15, 0.2) is 5.76 Å². The van der Waals surface area contributed by atoms with E-state index >= 15 is 0 Å². The van der Waals surface area contributed by atoms with Crippen molar-refractivity contribution in [3.63, 3.8) is 0 Å². The van der Waals surface area contributed by atoms with Gasteiger partial charge in [0.1, 0.15) is 12.4 Å². The number of aryl methyl sites for hydroxylation is 1. The highest BCUT2D eigenvalue weighted by Gasteiger charge is 2.09. The summed E-state index contributed by atoms with van der Waals surface area (Å²) in [6.07, 6.45) is 1.60. The molecule has 0 fully saturated rings. The third-order valence-corrected chi connectivity index (χ3v) is 2.52. The number of rotatable bonds is 4. The van der Waals surface area contributed by atoms with E-state index in [-0.39, 0.29) is 6.04 Å². The zero-order valence-electron chi connectivity index (χ0n) is 10.0. The van der Waals surface area contributed by atoms with Gasteiger partial charge in [0, 0.05) is 17.7 Å². The van der Waals surface area contributed by atoms with Crippen LogP contribution in [0.15, 0.2) is 35.0 Å². The van der Waals surface area contributed by atoms with Crippen molar-refractivity contribution in [3.8, 4) is 5.75 Å². The maximum Gasteiger partial charge on any atom is 0.174 e. The fourth-order valence-corrected chi connectivity index (χ4v) is 1.62. The molecular weight excluding hydrogens is 216 g/mol. The second kappa shape index (κ2) is 5.01. The van der Waals surface area contributed by atoms with Crippen LogP contribution >= 0.6 is 0 Å². The van der Waals surface area contributed by atoms with E-state index in [1.807, 2.05) is 32.0 Å². The van der Waals surface area contributed by atoms with Gasteiger partial charge >= 0.3 is 0 Å². The number of hydrogen-bond acceptors (Lipinski definition) is 4. The number of aromatic nitrogens is 1. The van der Waals surface area contributed by atoms with E-state index in [1.54, 1.807) is 12.3 Å². The summed E-state index contributed by atoms with van der Waals surface area (Å²) in [6.45, 7) is 4.34. The van der Waals surface area contributed by atoms with Crippen LogP contribution in [0.25, 0.3) is 0 Å². The van der Waals surface area contributed by atoms with Crippen LogP contribution in [0.2, 0.25) is 0 Å². The molecular formula is C13H16N2O2. The Kier molecular flexibility index (Phi) is 3.44. The molecule has 4 heteroatoms. The summed E-state index contributed by atoms with van der Waals surface area (Å²) in [5.74, 6) is 1.49. The van der Waals surface area contributed by atoms with Gasteiger partial charge in [0.05, 0.1) is 6.20 Å². The molecule has 0 aliphatic rings. The van der Waals surface area contributed by atoms with Crippen LogP contribution in [-0.2, 0) is 6.61 Å². The lowest BCUT2D eigenvalue weighted by Crippen LogP contribution is -2.08. The Hall–Kier alpha value is -1.81. The first kappa shape index (κ1) is 11.7. The third kappa shape index (κ3) is 2.85. The van der Waals surface area contributed by atoms with Crippen molar-refractivity contribution in [1.82, 2.24) is 5.16 Å². The van der Waals surface area contributed by atoms with Gasteiger partial charge in [0.2, 0.25) is 0 Å². The van der Waals surface area contributed by atoms with Crippen molar-refractivity contribution >= 4 is 0 Å². The maximum atomic E-state index is 5.92. The number of nitrogens with two attached hydrogens (primary N) is 1. The third-order valence-electron chi connectivity index (χ3n) is 2.52. The van der Waals surface area contributed by atoms with Gasteiger partial charge < -0.3 is 15.0 Å². The monoisotopic (exact) mass is 232 g/mol. The summed E-state index contributed by atoms with van der Waals surface area (Å²) >= 11 is 0. The van der Waals surface area contributed by atoms with Crippen LogP contribution in [0.3, 0.4) is 0 Å². The highest BCUT2D eigenvalue weighted by atomic mass is 16.5. The fourth-order valence-electron chi connectivity index (χ4n) is 1.62. The van der Waals surface area contributed by atoms with Gasteiger partial charge in [-0.2, -0.15) is 0 Å². The molecule has 0 amide bonds. The Bertz CT molecular complexity index is 478. The Morgan fingerprint density at radius 2 is 2.24 bits per heavy atom. The molecule has 90 valence electrons. The maximum absolute atomic E-state index is 5.92. The first-order chi connectivity index (χ1) is 8.16. The van der Waals surface area contributed by atoms with Gasteiger partial charge in [-0.25, -0.2) is 0 Å². The second-order valence-electron chi connectivity index (χ2n) is 4.10. The minimum Gasteiger partial charge on any atom is -0.485 e. The molecule has 0 radical (unpaired) electrons. The second-order valence-corrected chi connectivity index (χ2v) is 4.10. The average Bonchev–Trinajstić information content (AvgIpc) is 2.80. The van der Waals surface area contributed by atoms with Crippen molar-refractivity contribution in [2.45, 2.75) is 26.5 Å². The highest BCUT2D eigenvalue weighted by Crippen LogP contribution is 2.25. The average molecular weight is 232 g/mol. The van der Waals surface area contributed by atoms with Gasteiger partial charge in [-0.1, -0.05) is 22.9 Å². The van der Waals surface area contributed by atoms with E-state index < -0.39 is 0 Å². The Morgan fingerprint density at radius 3 is 2.88 bits per heavy atom. The quantitative estimate of drug-likeness (QED) is 0.880. The standard InChI is InChI=1S/C13H16N2O2/c1-9-3-4-13(12(7-9)10(2)14)16-8-11-5-6-15-17-11/h3-7,10H,8,14H2,1-2H3. The summed E-state index contributed by atoms with van der Waals surface area (Å²) in [5.41, 5.74) is 8.09. The lowest BCUT2D eigenvalue weighted by Gasteiger charge is -2.13. The molecule has 4 nitrogen and oxygen atoms in total. The van der Waals surface area contributed by atoms with E-state index in [4.69, 9.17) is 15.0 Å². The molecule has 2 N–H and O–H groups in total. The number of ether oxygens (including phenoxy) is 1. The van der Waals surface area contributed by atoms with Crippen LogP contribution in [0.1, 0.15) is 29.9 Å². The molecule has 0 saturated carbocycles. The molecule has 17 heavy (non-hydrogen) atoms. The minimum atomic E-state index is -0.0559. The smallest absolute Gasteiger partial charge is 0.174 e. The van der Waals surface area contributed by atoms with Gasteiger partial charge in [-0.15, -0.1) is 0 Å². The lowest BCUT2D eigenvalue weighted by molar-refractivity contribution is 0.246. The van der Waals surface area contributed by atoms with Crippen molar-refractivity contribution < 1.29 is 9.26 Å². The molecule has 0 saturated heterocycles. The molecule has 2 rings (SSSR count). The molecule has 0 bridgehead atoms. The summed E-state index contributed by atoms with van der Waals surface area (Å²) < 4.78 is 10.7. The number of nitrogens with zero attached hydrogens (tertiary/aromatic N) is 1. The summed E-state index contributed by atoms with van der Waals surface area (Å²) in [6, 6.07) is 7.70. The Labute approximate surface area is 100 Å². The van der Waals surface area contributed by atoms with Crippen LogP contribution in [0, 0.1) is 6.92 Å². The molecule has 0 aliphatic carbocycles. The molecule has 1 aromatic carbocycles. The van der Waals surface area contributed by atoms with Gasteiger partial charge in [0.25, 0.3) is 0 Å². The van der Waals surface area contributed by atoms with Crippen LogP contribution in [0.5, 0.6) is 5.75 Å². The fraction of sp³-hybridized carbons (Fsp3) is 0.308. The summed E-state index contributed by atoms with van der Waals surface area (Å²) in [4.78, 5) is 0. The Morgan fingerprint density at radius 1 is 1.41 bits per heavy atom. The summed E-state index contributed by atoms with van der Waals surface area (Å²) in [7, 11) is 0. The van der Waals surface area contributed by atoms with Crippen molar-refractivity contribution in [3.05, 3.63) is 47.3 Å². The van der Waals surface area contributed by atoms with E-state index in [2.05, 4.69) is 5.16 Å². The molecule has 1 heterocycles. The minimum absolute atomic E-state index is 0.0559. The molecule has 1 unspecified atom stereocenters. The van der Waals surface area contributed by atoms with Gasteiger partial charge in [-0.05, 0) is 19.9 Å². The predicted octanol–water partition coefficient (Wildman–Crippen LogP) is 2.58. The molecule has 0 spiro atoms. The van der Waals surface area contributed by atoms with E-state index in [1.165, 1.54) is 5.56 Å². The normalized spacial score (nSPS) is 12.4. The largest absolute Gasteiger partial charge is 0.485 e. The molecule has 1 aromatic heterocycles. The van der Waals surface area contributed by atoms with Crippen molar-refractivity contribution in [2.24, 2.45) is 5.73 Å².